The first-order chi connectivity index (χ1) is 9.98. The molecule has 0 spiro atoms. The maximum absolute atomic E-state index is 12.5. The molecule has 1 aliphatic heterocycles. The summed E-state index contributed by atoms with van der Waals surface area (Å²) in [7, 11) is -3.36. The molecule has 0 aromatic heterocycles. The lowest BCUT2D eigenvalue weighted by Gasteiger charge is -2.37. The second-order valence-electron chi connectivity index (χ2n) is 4.86. The number of hydrogen-bond acceptors (Lipinski definition) is 5. The molecule has 114 valence electrons. The van der Waals surface area contributed by atoms with Gasteiger partial charge in [0.1, 0.15) is 5.54 Å². The fraction of sp³-hybridized carbons (Fsp3) is 0.400. The van der Waals surface area contributed by atoms with Gasteiger partial charge in [0.15, 0.2) is 9.84 Å². The van der Waals surface area contributed by atoms with Crippen LogP contribution in [0.1, 0.15) is 18.9 Å². The van der Waals surface area contributed by atoms with Crippen molar-refractivity contribution in [2.24, 2.45) is 0 Å². The Morgan fingerprint density at radius 1 is 1.48 bits per heavy atom. The molecule has 1 N–H and O–H groups in total. The molecule has 1 aromatic rings. The first-order valence-corrected chi connectivity index (χ1v) is 8.48. The average Bonchev–Trinajstić information content (AvgIpc) is 2.47. The largest absolute Gasteiger partial charge is 0.464 e. The number of hydrogen-bond donors (Lipinski definition) is 1. The lowest BCUT2D eigenvalue weighted by Crippen LogP contribution is -2.54. The molecule has 1 heterocycles. The zero-order valence-corrected chi connectivity index (χ0v) is 12.8. The van der Waals surface area contributed by atoms with Crippen LogP contribution in [0.25, 0.3) is 0 Å². The van der Waals surface area contributed by atoms with E-state index in [1.54, 1.807) is 31.2 Å². The van der Waals surface area contributed by atoms with Gasteiger partial charge in [0.25, 0.3) is 0 Å². The van der Waals surface area contributed by atoms with Gasteiger partial charge in [0.2, 0.25) is 0 Å². The highest BCUT2D eigenvalue weighted by Gasteiger charge is 2.48. The minimum Gasteiger partial charge on any atom is -0.464 e. The van der Waals surface area contributed by atoms with Crippen LogP contribution in [0.2, 0.25) is 0 Å². The molecule has 0 bridgehead atoms. The minimum atomic E-state index is -3.36. The molecule has 0 amide bonds. The van der Waals surface area contributed by atoms with Gasteiger partial charge in [-0.25, -0.2) is 13.2 Å². The van der Waals surface area contributed by atoms with E-state index in [1.807, 2.05) is 0 Å². The van der Waals surface area contributed by atoms with Crippen molar-refractivity contribution in [2.75, 3.05) is 18.9 Å². The van der Waals surface area contributed by atoms with Crippen LogP contribution in [0.4, 0.5) is 0 Å². The van der Waals surface area contributed by atoms with E-state index < -0.39 is 21.3 Å². The van der Waals surface area contributed by atoms with E-state index in [1.165, 1.54) is 6.07 Å². The smallest absolute Gasteiger partial charge is 0.331 e. The first kappa shape index (κ1) is 15.7. The van der Waals surface area contributed by atoms with Crippen molar-refractivity contribution in [1.82, 2.24) is 5.32 Å². The van der Waals surface area contributed by atoms with Crippen LogP contribution in [0.3, 0.4) is 0 Å². The molecule has 1 atom stereocenters. The maximum atomic E-state index is 12.5. The number of carbonyl (C=O) groups excluding carboxylic acids is 1. The Balaban J connectivity index is 2.60. The van der Waals surface area contributed by atoms with E-state index in [2.05, 4.69) is 11.9 Å². The average molecular weight is 309 g/mol. The van der Waals surface area contributed by atoms with Gasteiger partial charge in [-0.1, -0.05) is 24.3 Å². The summed E-state index contributed by atoms with van der Waals surface area (Å²) in [6.07, 6.45) is 1.78. The Labute approximate surface area is 124 Å². The molecule has 21 heavy (non-hydrogen) atoms. The molecule has 0 fully saturated rings. The lowest BCUT2D eigenvalue weighted by molar-refractivity contribution is -0.152. The van der Waals surface area contributed by atoms with Crippen LogP contribution in [-0.4, -0.2) is 33.3 Å². The molecule has 0 aliphatic carbocycles. The molecular formula is C15H19NO4S. The van der Waals surface area contributed by atoms with E-state index >= 15 is 0 Å². The van der Waals surface area contributed by atoms with E-state index in [4.69, 9.17) is 4.74 Å². The minimum absolute atomic E-state index is 0.0903. The van der Waals surface area contributed by atoms with Gasteiger partial charge < -0.3 is 4.74 Å². The third kappa shape index (κ3) is 2.73. The third-order valence-electron chi connectivity index (χ3n) is 3.60. The second kappa shape index (κ2) is 5.99. The van der Waals surface area contributed by atoms with Crippen molar-refractivity contribution >= 4 is 15.8 Å². The molecule has 2 rings (SSSR count). The zero-order valence-electron chi connectivity index (χ0n) is 12.0. The summed E-state index contributed by atoms with van der Waals surface area (Å²) in [6, 6.07) is 6.58. The zero-order chi connectivity index (χ0) is 15.5. The molecule has 0 radical (unpaired) electrons. The molecule has 1 aromatic carbocycles. The van der Waals surface area contributed by atoms with Gasteiger partial charge in [-0.15, -0.1) is 6.58 Å². The number of ether oxygens (including phenoxy) is 1. The Bertz CT molecular complexity index is 653. The molecule has 6 heteroatoms. The number of esters is 1. The summed E-state index contributed by atoms with van der Waals surface area (Å²) < 4.78 is 29.6. The number of carbonyl (C=O) groups is 1. The van der Waals surface area contributed by atoms with Crippen molar-refractivity contribution in [3.63, 3.8) is 0 Å². The lowest BCUT2D eigenvalue weighted by atomic mass is 9.86. The number of rotatable bonds is 5. The van der Waals surface area contributed by atoms with Crippen LogP contribution in [-0.2, 0) is 24.9 Å². The second-order valence-corrected chi connectivity index (χ2v) is 6.94. The highest BCUT2D eigenvalue weighted by molar-refractivity contribution is 7.91. The topological polar surface area (TPSA) is 72.5 Å². The van der Waals surface area contributed by atoms with Gasteiger partial charge in [0, 0.05) is 12.1 Å². The Hall–Kier alpha value is -1.66. The summed E-state index contributed by atoms with van der Waals surface area (Å²) in [5.41, 5.74) is -0.678. The van der Waals surface area contributed by atoms with E-state index in [9.17, 15) is 13.2 Å². The van der Waals surface area contributed by atoms with E-state index in [0.29, 0.717) is 12.1 Å². The predicted octanol–water partition coefficient (Wildman–Crippen LogP) is 1.40. The standard InChI is InChI=1S/C15H19NO4S/c1-3-10-16-15(14(17)20-4-2)9-11-21(18,19)13-8-6-5-7-12(13)15/h3,5-8,16H,1,4,9-11H2,2H3. The quantitative estimate of drug-likeness (QED) is 0.657. The van der Waals surface area contributed by atoms with Gasteiger partial charge in [-0.2, -0.15) is 0 Å². The van der Waals surface area contributed by atoms with Crippen molar-refractivity contribution in [1.29, 1.82) is 0 Å². The highest BCUT2D eigenvalue weighted by atomic mass is 32.2. The monoisotopic (exact) mass is 309 g/mol. The summed E-state index contributed by atoms with van der Waals surface area (Å²) in [5, 5.41) is 3.11. The molecule has 1 unspecified atom stereocenters. The van der Waals surface area contributed by atoms with Crippen molar-refractivity contribution in [2.45, 2.75) is 23.8 Å². The third-order valence-corrected chi connectivity index (χ3v) is 5.37. The number of benzene rings is 1. The normalized spacial score (nSPS) is 23.1. The van der Waals surface area contributed by atoms with E-state index in [-0.39, 0.29) is 23.7 Å². The van der Waals surface area contributed by atoms with Crippen LogP contribution >= 0.6 is 0 Å². The fourth-order valence-electron chi connectivity index (χ4n) is 2.59. The molecule has 5 nitrogen and oxygen atoms in total. The SMILES string of the molecule is C=CCNC1(C(=O)OCC)CCS(=O)(=O)c2ccccc21. The fourth-order valence-corrected chi connectivity index (χ4v) is 4.25. The van der Waals surface area contributed by atoms with Gasteiger partial charge in [-0.3, -0.25) is 5.32 Å². The summed E-state index contributed by atoms with van der Waals surface area (Å²) in [4.78, 5) is 12.7. The first-order valence-electron chi connectivity index (χ1n) is 6.83. The Morgan fingerprint density at radius 2 is 2.19 bits per heavy atom. The summed E-state index contributed by atoms with van der Waals surface area (Å²) >= 11 is 0. The van der Waals surface area contributed by atoms with Gasteiger partial charge >= 0.3 is 5.97 Å². The van der Waals surface area contributed by atoms with Crippen molar-refractivity contribution < 1.29 is 17.9 Å². The van der Waals surface area contributed by atoms with Gasteiger partial charge in [0.05, 0.1) is 17.3 Å². The van der Waals surface area contributed by atoms with Gasteiger partial charge in [-0.05, 0) is 19.4 Å². The van der Waals surface area contributed by atoms with Crippen LogP contribution in [0, 0.1) is 0 Å². The molecular weight excluding hydrogens is 290 g/mol. The van der Waals surface area contributed by atoms with Crippen LogP contribution < -0.4 is 5.32 Å². The maximum Gasteiger partial charge on any atom is 0.331 e. The Morgan fingerprint density at radius 3 is 2.86 bits per heavy atom. The molecule has 0 saturated carbocycles. The number of fused-ring (bicyclic) bond motifs is 1. The number of nitrogens with one attached hydrogen (secondary N) is 1. The van der Waals surface area contributed by atoms with Crippen molar-refractivity contribution in [3.05, 3.63) is 42.5 Å². The summed E-state index contributed by atoms with van der Waals surface area (Å²) in [6.45, 7) is 5.98. The van der Waals surface area contributed by atoms with E-state index in [0.717, 1.165) is 0 Å². The predicted molar refractivity (Wildman–Crippen MR) is 79.6 cm³/mol. The van der Waals surface area contributed by atoms with Crippen LogP contribution in [0.15, 0.2) is 41.8 Å². The molecule has 0 saturated heterocycles. The van der Waals surface area contributed by atoms with Crippen molar-refractivity contribution in [3.8, 4) is 0 Å². The van der Waals surface area contributed by atoms with Crippen LogP contribution in [0.5, 0.6) is 0 Å². The Kier molecular flexibility index (Phi) is 4.49. The summed E-state index contributed by atoms with van der Waals surface area (Å²) in [5.74, 6) is -0.540. The number of sulfone groups is 1. The molecule has 1 aliphatic rings. The highest BCUT2D eigenvalue weighted by Crippen LogP contribution is 2.37.